The highest BCUT2D eigenvalue weighted by atomic mass is 32.2. The van der Waals surface area contributed by atoms with Crippen LogP contribution in [0.3, 0.4) is 0 Å². The van der Waals surface area contributed by atoms with Gasteiger partial charge in [0.1, 0.15) is 5.82 Å². The largest absolute Gasteiger partial charge is 0.481 e. The standard InChI is InChI=1S/C23H20FN3O6S/c1-32-22-19(12-25-23(26-22)33-2)14-4-3-5-17(10-14)34(30,31)27-13-15(6-9-21(28)29)18-11-16(24)7-8-20(18)27/h3-5,7-8,10-13H,6,9H2,1-2H3,(H,28,29). The van der Waals surface area contributed by atoms with Crippen molar-refractivity contribution in [1.82, 2.24) is 13.9 Å². The summed E-state index contributed by atoms with van der Waals surface area (Å²) in [5, 5.41) is 9.37. The first-order valence-electron chi connectivity index (χ1n) is 10.1. The number of rotatable bonds is 8. The number of ether oxygens (including phenoxy) is 2. The average Bonchev–Trinajstić information content (AvgIpc) is 3.20. The summed E-state index contributed by atoms with van der Waals surface area (Å²) in [5.74, 6) is -1.38. The average molecular weight is 485 g/mol. The molecule has 0 saturated heterocycles. The molecular weight excluding hydrogens is 465 g/mol. The second-order valence-corrected chi connectivity index (χ2v) is 9.13. The molecule has 0 atom stereocenters. The molecule has 176 valence electrons. The van der Waals surface area contributed by atoms with Gasteiger partial charge in [-0.2, -0.15) is 4.98 Å². The molecule has 0 aliphatic heterocycles. The second-order valence-electron chi connectivity index (χ2n) is 7.32. The number of aryl methyl sites for hydroxylation is 1. The summed E-state index contributed by atoms with van der Waals surface area (Å²) >= 11 is 0. The van der Waals surface area contributed by atoms with Crippen LogP contribution in [-0.2, 0) is 21.2 Å². The molecule has 34 heavy (non-hydrogen) atoms. The molecule has 0 aliphatic carbocycles. The lowest BCUT2D eigenvalue weighted by molar-refractivity contribution is -0.136. The molecule has 0 bridgehead atoms. The second kappa shape index (κ2) is 9.10. The molecule has 11 heteroatoms. The summed E-state index contributed by atoms with van der Waals surface area (Å²) in [7, 11) is -1.28. The van der Waals surface area contributed by atoms with Crippen LogP contribution in [0.4, 0.5) is 4.39 Å². The zero-order valence-corrected chi connectivity index (χ0v) is 19.0. The Balaban J connectivity index is 1.83. The van der Waals surface area contributed by atoms with Crippen LogP contribution < -0.4 is 9.47 Å². The van der Waals surface area contributed by atoms with E-state index in [0.717, 1.165) is 10.0 Å². The fourth-order valence-corrected chi connectivity index (χ4v) is 5.06. The number of nitrogens with zero attached hydrogens (tertiary/aromatic N) is 3. The van der Waals surface area contributed by atoms with E-state index in [4.69, 9.17) is 14.6 Å². The Morgan fingerprint density at radius 2 is 1.94 bits per heavy atom. The zero-order valence-electron chi connectivity index (χ0n) is 18.2. The van der Waals surface area contributed by atoms with E-state index in [1.165, 1.54) is 50.9 Å². The van der Waals surface area contributed by atoms with E-state index < -0.39 is 21.8 Å². The van der Waals surface area contributed by atoms with Crippen LogP contribution in [-0.4, -0.2) is 47.7 Å². The highest BCUT2D eigenvalue weighted by Crippen LogP contribution is 2.32. The normalized spacial score (nSPS) is 11.5. The number of aromatic nitrogens is 3. The summed E-state index contributed by atoms with van der Waals surface area (Å²) in [6.07, 6.45) is 2.64. The maximum Gasteiger partial charge on any atom is 0.319 e. The Labute approximate surface area is 194 Å². The van der Waals surface area contributed by atoms with Gasteiger partial charge < -0.3 is 14.6 Å². The van der Waals surface area contributed by atoms with Gasteiger partial charge >= 0.3 is 12.0 Å². The summed E-state index contributed by atoms with van der Waals surface area (Å²) < 4.78 is 52.4. The van der Waals surface area contributed by atoms with Crippen molar-refractivity contribution < 1.29 is 32.2 Å². The van der Waals surface area contributed by atoms with E-state index in [0.29, 0.717) is 22.1 Å². The number of carbonyl (C=O) groups is 1. The van der Waals surface area contributed by atoms with Gasteiger partial charge in [0.05, 0.1) is 30.2 Å². The summed E-state index contributed by atoms with van der Waals surface area (Å²) in [6, 6.07) is 9.97. The lowest BCUT2D eigenvalue weighted by Gasteiger charge is -2.11. The maximum absolute atomic E-state index is 13.9. The van der Waals surface area contributed by atoms with E-state index >= 15 is 0 Å². The maximum atomic E-state index is 13.9. The van der Waals surface area contributed by atoms with E-state index in [1.807, 2.05) is 0 Å². The lowest BCUT2D eigenvalue weighted by Crippen LogP contribution is -2.12. The monoisotopic (exact) mass is 485 g/mol. The number of halogens is 1. The van der Waals surface area contributed by atoms with Crippen molar-refractivity contribution in [1.29, 1.82) is 0 Å². The van der Waals surface area contributed by atoms with Gasteiger partial charge in [0.25, 0.3) is 10.0 Å². The van der Waals surface area contributed by atoms with Crippen molar-refractivity contribution in [2.75, 3.05) is 14.2 Å². The Hall–Kier alpha value is -3.99. The van der Waals surface area contributed by atoms with Gasteiger partial charge in [0.2, 0.25) is 5.88 Å². The number of carboxylic acids is 1. The SMILES string of the molecule is COc1ncc(-c2cccc(S(=O)(=O)n3cc(CCC(=O)O)c4cc(F)ccc43)c2)c(OC)n1. The molecule has 4 aromatic rings. The Morgan fingerprint density at radius 3 is 2.65 bits per heavy atom. The Bertz CT molecular complexity index is 1500. The fraction of sp³-hybridized carbons (Fsp3) is 0.174. The molecule has 1 N–H and O–H groups in total. The number of benzene rings is 2. The predicted molar refractivity (Wildman–Crippen MR) is 121 cm³/mol. The molecule has 2 aromatic carbocycles. The fourth-order valence-electron chi connectivity index (χ4n) is 3.62. The third-order valence-electron chi connectivity index (χ3n) is 5.23. The van der Waals surface area contributed by atoms with Gasteiger partial charge in [0, 0.05) is 24.2 Å². The molecule has 0 amide bonds. The van der Waals surface area contributed by atoms with Gasteiger partial charge in [-0.1, -0.05) is 12.1 Å². The predicted octanol–water partition coefficient (Wildman–Crippen LogP) is 3.51. The number of hydrogen-bond acceptors (Lipinski definition) is 7. The third-order valence-corrected chi connectivity index (χ3v) is 6.90. The first-order valence-corrected chi connectivity index (χ1v) is 11.5. The van der Waals surface area contributed by atoms with Gasteiger partial charge in [-0.05, 0) is 47.9 Å². The summed E-state index contributed by atoms with van der Waals surface area (Å²) in [5.41, 5.74) is 1.62. The highest BCUT2D eigenvalue weighted by molar-refractivity contribution is 7.90. The van der Waals surface area contributed by atoms with Crippen LogP contribution in [0.5, 0.6) is 11.9 Å². The number of carboxylic acid groups (broad SMARTS) is 1. The van der Waals surface area contributed by atoms with Crippen LogP contribution in [0.15, 0.2) is 59.8 Å². The van der Waals surface area contributed by atoms with Crippen molar-refractivity contribution in [3.63, 3.8) is 0 Å². The van der Waals surface area contributed by atoms with Gasteiger partial charge in [-0.3, -0.25) is 4.79 Å². The minimum absolute atomic E-state index is 0.0334. The van der Waals surface area contributed by atoms with Crippen LogP contribution in [0.25, 0.3) is 22.0 Å². The van der Waals surface area contributed by atoms with Crippen LogP contribution in [0, 0.1) is 5.82 Å². The van der Waals surface area contributed by atoms with E-state index in [-0.39, 0.29) is 35.1 Å². The van der Waals surface area contributed by atoms with Gasteiger partial charge in [0.15, 0.2) is 0 Å². The van der Waals surface area contributed by atoms with E-state index in [1.54, 1.807) is 12.1 Å². The molecule has 0 radical (unpaired) electrons. The van der Waals surface area contributed by atoms with E-state index in [2.05, 4.69) is 9.97 Å². The minimum Gasteiger partial charge on any atom is -0.481 e. The van der Waals surface area contributed by atoms with Crippen molar-refractivity contribution in [3.05, 3.63) is 66.2 Å². The molecular formula is C23H20FN3O6S. The van der Waals surface area contributed by atoms with Gasteiger partial charge in [-0.15, -0.1) is 0 Å². The number of aliphatic carboxylic acids is 1. The molecule has 2 aromatic heterocycles. The molecule has 2 heterocycles. The molecule has 0 fully saturated rings. The summed E-state index contributed by atoms with van der Waals surface area (Å²) in [6.45, 7) is 0. The minimum atomic E-state index is -4.12. The van der Waals surface area contributed by atoms with Crippen LogP contribution in [0.2, 0.25) is 0 Å². The Kier molecular flexibility index (Phi) is 6.20. The quantitative estimate of drug-likeness (QED) is 0.403. The smallest absolute Gasteiger partial charge is 0.319 e. The third kappa shape index (κ3) is 4.29. The molecule has 0 spiro atoms. The first kappa shape index (κ1) is 23.2. The van der Waals surface area contributed by atoms with Crippen molar-refractivity contribution in [2.24, 2.45) is 0 Å². The van der Waals surface area contributed by atoms with Crippen LogP contribution >= 0.6 is 0 Å². The number of fused-ring (bicyclic) bond motifs is 1. The summed E-state index contributed by atoms with van der Waals surface area (Å²) in [4.78, 5) is 19.2. The Morgan fingerprint density at radius 1 is 1.15 bits per heavy atom. The molecule has 0 unspecified atom stereocenters. The van der Waals surface area contributed by atoms with Gasteiger partial charge in [-0.25, -0.2) is 21.8 Å². The van der Waals surface area contributed by atoms with Crippen LogP contribution in [0.1, 0.15) is 12.0 Å². The van der Waals surface area contributed by atoms with Crippen molar-refractivity contribution in [3.8, 4) is 23.0 Å². The highest BCUT2D eigenvalue weighted by Gasteiger charge is 2.23. The molecule has 4 rings (SSSR count). The number of hydrogen-bond donors (Lipinski definition) is 1. The lowest BCUT2D eigenvalue weighted by atomic mass is 10.1. The topological polar surface area (TPSA) is 121 Å². The molecule has 9 nitrogen and oxygen atoms in total. The zero-order chi connectivity index (χ0) is 24.5. The first-order chi connectivity index (χ1) is 16.2. The molecule has 0 saturated carbocycles. The number of methoxy groups -OCH3 is 2. The van der Waals surface area contributed by atoms with E-state index in [9.17, 15) is 17.6 Å². The van der Waals surface area contributed by atoms with Crippen molar-refractivity contribution in [2.45, 2.75) is 17.7 Å². The molecule has 0 aliphatic rings. The van der Waals surface area contributed by atoms with Crippen molar-refractivity contribution >= 4 is 26.9 Å².